The second-order valence-electron chi connectivity index (χ2n) is 4.73. The van der Waals surface area contributed by atoms with E-state index in [4.69, 9.17) is 0 Å². The Morgan fingerprint density at radius 1 is 0.786 bits per heavy atom. The summed E-state index contributed by atoms with van der Waals surface area (Å²) in [7, 11) is 0. The van der Waals surface area contributed by atoms with Gasteiger partial charge in [0.2, 0.25) is 0 Å². The number of unbranched alkanes of at least 4 members (excludes halogenated alkanes) is 4. The van der Waals surface area contributed by atoms with Gasteiger partial charge in [-0.15, -0.1) is 0 Å². The van der Waals surface area contributed by atoms with Gasteiger partial charge in [-0.25, -0.2) is 0 Å². The van der Waals surface area contributed by atoms with Crippen LogP contribution in [0, 0.1) is 11.8 Å². The van der Waals surface area contributed by atoms with E-state index in [1.807, 2.05) is 5.92 Å². The first-order valence-corrected chi connectivity index (χ1v) is 6.56. The predicted molar refractivity (Wildman–Crippen MR) is 66.4 cm³/mol. The van der Waals surface area contributed by atoms with E-state index in [2.05, 4.69) is 27.7 Å². The predicted octanol–water partition coefficient (Wildman–Crippen LogP) is 5.38. The summed E-state index contributed by atoms with van der Waals surface area (Å²) in [5.74, 6) is 2.62. The van der Waals surface area contributed by atoms with Crippen LogP contribution in [0.5, 0.6) is 0 Å². The maximum Gasteiger partial charge on any atom is -0.0215 e. The van der Waals surface area contributed by atoms with Gasteiger partial charge in [0.15, 0.2) is 0 Å². The van der Waals surface area contributed by atoms with Crippen LogP contribution in [-0.4, -0.2) is 0 Å². The van der Waals surface area contributed by atoms with Crippen molar-refractivity contribution in [2.75, 3.05) is 0 Å². The Morgan fingerprint density at radius 3 is 1.50 bits per heavy atom. The van der Waals surface area contributed by atoms with Crippen LogP contribution in [0.1, 0.15) is 79.1 Å². The first-order valence-electron chi connectivity index (χ1n) is 6.56. The molecule has 0 aliphatic rings. The van der Waals surface area contributed by atoms with Crippen LogP contribution in [0.2, 0.25) is 0 Å². The van der Waals surface area contributed by atoms with Gasteiger partial charge in [-0.05, 0) is 24.7 Å². The normalized spacial score (nSPS) is 11.6. The summed E-state index contributed by atoms with van der Waals surface area (Å²) in [6.07, 6.45) is 11.1. The molecule has 0 saturated heterocycles. The zero-order valence-corrected chi connectivity index (χ0v) is 10.7. The molecule has 0 nitrogen and oxygen atoms in total. The second-order valence-corrected chi connectivity index (χ2v) is 4.73. The fourth-order valence-electron chi connectivity index (χ4n) is 1.91. The highest BCUT2D eigenvalue weighted by molar-refractivity contribution is 4.92. The molecule has 0 atom stereocenters. The first kappa shape index (κ1) is 14.0. The van der Waals surface area contributed by atoms with Gasteiger partial charge in [0.1, 0.15) is 0 Å². The largest absolute Gasteiger partial charge is 0.0654 e. The Morgan fingerprint density at radius 2 is 1.21 bits per heavy atom. The minimum atomic E-state index is 0.809. The molecule has 0 bridgehead atoms. The van der Waals surface area contributed by atoms with Crippen LogP contribution in [0.25, 0.3) is 0 Å². The molecule has 0 heteroatoms. The van der Waals surface area contributed by atoms with Gasteiger partial charge in [0.05, 0.1) is 0 Å². The first-order chi connectivity index (χ1) is 6.72. The minimum Gasteiger partial charge on any atom is -0.0654 e. The van der Waals surface area contributed by atoms with Gasteiger partial charge in [-0.1, -0.05) is 66.2 Å². The lowest BCUT2D eigenvalue weighted by Crippen LogP contribution is -2.06. The van der Waals surface area contributed by atoms with Crippen molar-refractivity contribution in [1.29, 1.82) is 0 Å². The molecular weight excluding hydrogens is 168 g/mol. The molecule has 0 heterocycles. The molecule has 0 aromatic heterocycles. The SMILES string of the molecule is CCCCC[C](CCCCC)C(C)C. The molecule has 1 radical (unpaired) electrons. The summed E-state index contributed by atoms with van der Waals surface area (Å²) in [6.45, 7) is 9.28. The third-order valence-electron chi connectivity index (χ3n) is 3.02. The van der Waals surface area contributed by atoms with Crippen LogP contribution >= 0.6 is 0 Å². The van der Waals surface area contributed by atoms with E-state index in [0.29, 0.717) is 0 Å². The molecule has 0 unspecified atom stereocenters. The lowest BCUT2D eigenvalue weighted by atomic mass is 9.86. The Labute approximate surface area is 91.5 Å². The number of hydrogen-bond acceptors (Lipinski definition) is 0. The van der Waals surface area contributed by atoms with Crippen LogP contribution in [-0.2, 0) is 0 Å². The quantitative estimate of drug-likeness (QED) is 0.435. The topological polar surface area (TPSA) is 0 Å². The Hall–Kier alpha value is 0. The summed E-state index contributed by atoms with van der Waals surface area (Å²) >= 11 is 0. The molecule has 0 saturated carbocycles. The van der Waals surface area contributed by atoms with Crippen molar-refractivity contribution < 1.29 is 0 Å². The fourth-order valence-corrected chi connectivity index (χ4v) is 1.91. The lowest BCUT2D eigenvalue weighted by molar-refractivity contribution is 0.504. The zero-order chi connectivity index (χ0) is 10.8. The average molecular weight is 197 g/mol. The summed E-state index contributed by atoms with van der Waals surface area (Å²) in [5, 5.41) is 0. The van der Waals surface area contributed by atoms with Gasteiger partial charge in [-0.3, -0.25) is 0 Å². The summed E-state index contributed by atoms with van der Waals surface area (Å²) in [5.41, 5.74) is 0. The molecule has 0 spiro atoms. The third kappa shape index (κ3) is 7.41. The molecule has 85 valence electrons. The van der Waals surface area contributed by atoms with Gasteiger partial charge >= 0.3 is 0 Å². The van der Waals surface area contributed by atoms with Crippen molar-refractivity contribution in [3.63, 3.8) is 0 Å². The average Bonchev–Trinajstić information content (AvgIpc) is 2.15. The molecule has 0 aliphatic heterocycles. The molecule has 0 aliphatic carbocycles. The summed E-state index contributed by atoms with van der Waals surface area (Å²) in [6, 6.07) is 0. The van der Waals surface area contributed by atoms with Crippen molar-refractivity contribution in [2.24, 2.45) is 5.92 Å². The van der Waals surface area contributed by atoms with E-state index >= 15 is 0 Å². The van der Waals surface area contributed by atoms with Crippen molar-refractivity contribution >= 4 is 0 Å². The molecule has 14 heavy (non-hydrogen) atoms. The van der Waals surface area contributed by atoms with Crippen LogP contribution in [0.4, 0.5) is 0 Å². The standard InChI is InChI=1S/C14H29/c1-5-7-9-11-14(13(3)4)12-10-8-6-2/h13H,5-12H2,1-4H3. The van der Waals surface area contributed by atoms with E-state index in [1.54, 1.807) is 0 Å². The van der Waals surface area contributed by atoms with Crippen LogP contribution in [0.15, 0.2) is 0 Å². The van der Waals surface area contributed by atoms with Crippen molar-refractivity contribution in [1.82, 2.24) is 0 Å². The van der Waals surface area contributed by atoms with Gasteiger partial charge in [-0.2, -0.15) is 0 Å². The molecule has 0 N–H and O–H groups in total. The van der Waals surface area contributed by atoms with Gasteiger partial charge in [0.25, 0.3) is 0 Å². The second kappa shape index (κ2) is 9.55. The summed E-state index contributed by atoms with van der Waals surface area (Å²) in [4.78, 5) is 0. The fraction of sp³-hybridized carbons (Fsp3) is 0.929. The zero-order valence-electron chi connectivity index (χ0n) is 10.7. The molecule has 0 fully saturated rings. The maximum atomic E-state index is 2.35. The van der Waals surface area contributed by atoms with Crippen LogP contribution in [0.3, 0.4) is 0 Å². The molecule has 0 rings (SSSR count). The highest BCUT2D eigenvalue weighted by Crippen LogP contribution is 2.26. The Balaban J connectivity index is 3.55. The Bertz CT molecular complexity index is 94.6. The highest BCUT2D eigenvalue weighted by atomic mass is 14.2. The number of rotatable bonds is 9. The van der Waals surface area contributed by atoms with Crippen molar-refractivity contribution in [3.05, 3.63) is 5.92 Å². The highest BCUT2D eigenvalue weighted by Gasteiger charge is 2.12. The van der Waals surface area contributed by atoms with E-state index in [9.17, 15) is 0 Å². The number of hydrogen-bond donors (Lipinski definition) is 0. The monoisotopic (exact) mass is 197 g/mol. The smallest absolute Gasteiger partial charge is 0.0215 e. The molecule has 0 amide bonds. The molecule has 0 aromatic rings. The maximum absolute atomic E-state index is 2.35. The van der Waals surface area contributed by atoms with E-state index in [-0.39, 0.29) is 0 Å². The summed E-state index contributed by atoms with van der Waals surface area (Å²) < 4.78 is 0. The van der Waals surface area contributed by atoms with E-state index in [1.165, 1.54) is 51.4 Å². The molecule has 0 aromatic carbocycles. The van der Waals surface area contributed by atoms with Crippen molar-refractivity contribution in [3.8, 4) is 0 Å². The van der Waals surface area contributed by atoms with E-state index < -0.39 is 0 Å². The third-order valence-corrected chi connectivity index (χ3v) is 3.02. The van der Waals surface area contributed by atoms with E-state index in [0.717, 1.165) is 5.92 Å². The molecular formula is C14H29. The van der Waals surface area contributed by atoms with Gasteiger partial charge < -0.3 is 0 Å². The van der Waals surface area contributed by atoms with Crippen LogP contribution < -0.4 is 0 Å². The van der Waals surface area contributed by atoms with Crippen molar-refractivity contribution in [2.45, 2.75) is 79.1 Å². The minimum absolute atomic E-state index is 0.809. The lowest BCUT2D eigenvalue weighted by Gasteiger charge is -2.19. The van der Waals surface area contributed by atoms with Gasteiger partial charge in [0, 0.05) is 0 Å². The Kier molecular flexibility index (Phi) is 9.55.